The van der Waals surface area contributed by atoms with Gasteiger partial charge in [0, 0.05) is 17.7 Å². The number of nitrogens with zero attached hydrogens (tertiary/aromatic N) is 2. The minimum atomic E-state index is -4.43. The van der Waals surface area contributed by atoms with Gasteiger partial charge in [0.2, 0.25) is 0 Å². The molecule has 2 rings (SSSR count). The summed E-state index contributed by atoms with van der Waals surface area (Å²) in [5, 5.41) is 14.7. The monoisotopic (exact) mass is 323 g/mol. The SMILES string of the molecule is C/C(=N\Nc1cccc(C(F)(F)F)c1)c1cccc([N+](=O)[O-])c1. The number of hydrazone groups is 1. The van der Waals surface area contributed by atoms with E-state index in [1.54, 1.807) is 13.0 Å². The lowest BCUT2D eigenvalue weighted by Crippen LogP contribution is -2.05. The van der Waals surface area contributed by atoms with Crippen LogP contribution in [-0.4, -0.2) is 10.6 Å². The lowest BCUT2D eigenvalue weighted by molar-refractivity contribution is -0.384. The van der Waals surface area contributed by atoms with Crippen LogP contribution in [0.2, 0.25) is 0 Å². The lowest BCUT2D eigenvalue weighted by Gasteiger charge is -2.08. The topological polar surface area (TPSA) is 67.5 Å². The third-order valence-electron chi connectivity index (χ3n) is 3.02. The maximum absolute atomic E-state index is 12.6. The van der Waals surface area contributed by atoms with Crippen LogP contribution in [0.25, 0.3) is 0 Å². The molecule has 120 valence electrons. The van der Waals surface area contributed by atoms with Crippen molar-refractivity contribution in [2.75, 3.05) is 5.43 Å². The third kappa shape index (κ3) is 4.29. The number of nitro groups is 1. The van der Waals surface area contributed by atoms with Crippen molar-refractivity contribution in [3.05, 3.63) is 69.8 Å². The quantitative estimate of drug-likeness (QED) is 0.513. The number of alkyl halides is 3. The summed E-state index contributed by atoms with van der Waals surface area (Å²) in [5.74, 6) is 0. The highest BCUT2D eigenvalue weighted by Gasteiger charge is 2.30. The third-order valence-corrected chi connectivity index (χ3v) is 3.02. The van der Waals surface area contributed by atoms with Crippen LogP contribution in [0.4, 0.5) is 24.5 Å². The van der Waals surface area contributed by atoms with Gasteiger partial charge < -0.3 is 0 Å². The van der Waals surface area contributed by atoms with Gasteiger partial charge in [0.1, 0.15) is 0 Å². The van der Waals surface area contributed by atoms with Gasteiger partial charge >= 0.3 is 6.18 Å². The van der Waals surface area contributed by atoms with E-state index in [1.165, 1.54) is 30.3 Å². The predicted octanol–water partition coefficient (Wildman–Crippen LogP) is 4.45. The molecule has 0 unspecified atom stereocenters. The minimum absolute atomic E-state index is 0.0869. The van der Waals surface area contributed by atoms with E-state index >= 15 is 0 Å². The Morgan fingerprint density at radius 1 is 1.17 bits per heavy atom. The Hall–Kier alpha value is -2.90. The second kappa shape index (κ2) is 6.47. The Labute approximate surface area is 129 Å². The van der Waals surface area contributed by atoms with Gasteiger partial charge in [-0.15, -0.1) is 0 Å². The predicted molar refractivity (Wildman–Crippen MR) is 80.4 cm³/mol. The van der Waals surface area contributed by atoms with Crippen molar-refractivity contribution in [1.29, 1.82) is 0 Å². The molecular weight excluding hydrogens is 311 g/mol. The second-order valence-electron chi connectivity index (χ2n) is 4.70. The zero-order valence-electron chi connectivity index (χ0n) is 12.0. The number of anilines is 1. The normalized spacial score (nSPS) is 12.1. The molecule has 0 fully saturated rings. The summed E-state index contributed by atoms with van der Waals surface area (Å²) >= 11 is 0. The number of nitrogens with one attached hydrogen (secondary N) is 1. The molecule has 0 aliphatic heterocycles. The summed E-state index contributed by atoms with van der Waals surface area (Å²) in [4.78, 5) is 10.2. The number of rotatable bonds is 4. The summed E-state index contributed by atoms with van der Waals surface area (Å²) < 4.78 is 37.9. The van der Waals surface area contributed by atoms with Gasteiger partial charge in [-0.3, -0.25) is 15.5 Å². The fourth-order valence-corrected chi connectivity index (χ4v) is 1.82. The van der Waals surface area contributed by atoms with E-state index in [2.05, 4.69) is 10.5 Å². The van der Waals surface area contributed by atoms with Gasteiger partial charge in [0.05, 0.1) is 21.9 Å². The van der Waals surface area contributed by atoms with Gasteiger partial charge in [0.25, 0.3) is 5.69 Å². The Morgan fingerprint density at radius 2 is 1.87 bits per heavy atom. The van der Waals surface area contributed by atoms with Crippen LogP contribution in [-0.2, 0) is 6.18 Å². The first kappa shape index (κ1) is 16.5. The molecule has 8 heteroatoms. The van der Waals surface area contributed by atoms with Crippen molar-refractivity contribution >= 4 is 17.1 Å². The first-order valence-corrected chi connectivity index (χ1v) is 6.50. The Kier molecular flexibility index (Phi) is 4.63. The molecule has 2 aromatic rings. The summed E-state index contributed by atoms with van der Waals surface area (Å²) in [6.07, 6.45) is -4.43. The smallest absolute Gasteiger partial charge is 0.278 e. The van der Waals surface area contributed by atoms with E-state index in [-0.39, 0.29) is 11.4 Å². The van der Waals surface area contributed by atoms with Crippen LogP contribution in [0.3, 0.4) is 0 Å². The molecule has 0 aliphatic carbocycles. The molecule has 0 atom stereocenters. The Morgan fingerprint density at radius 3 is 2.52 bits per heavy atom. The van der Waals surface area contributed by atoms with Crippen LogP contribution in [0.15, 0.2) is 53.6 Å². The van der Waals surface area contributed by atoms with Gasteiger partial charge in [-0.05, 0) is 25.1 Å². The van der Waals surface area contributed by atoms with Gasteiger partial charge in [-0.2, -0.15) is 18.3 Å². The Bertz CT molecular complexity index is 758. The van der Waals surface area contributed by atoms with Crippen molar-refractivity contribution in [1.82, 2.24) is 0 Å². The summed E-state index contributed by atoms with van der Waals surface area (Å²) in [6.45, 7) is 1.60. The molecule has 0 amide bonds. The molecule has 0 saturated heterocycles. The first-order chi connectivity index (χ1) is 10.8. The summed E-state index contributed by atoms with van der Waals surface area (Å²) in [6, 6.07) is 10.4. The van der Waals surface area contributed by atoms with E-state index < -0.39 is 16.7 Å². The molecule has 2 aromatic carbocycles. The van der Waals surface area contributed by atoms with Crippen molar-refractivity contribution in [2.45, 2.75) is 13.1 Å². The van der Waals surface area contributed by atoms with Crippen LogP contribution in [0.1, 0.15) is 18.1 Å². The van der Waals surface area contributed by atoms with E-state index in [0.29, 0.717) is 11.3 Å². The first-order valence-electron chi connectivity index (χ1n) is 6.50. The van der Waals surface area contributed by atoms with Crippen LogP contribution < -0.4 is 5.43 Å². The molecule has 0 heterocycles. The van der Waals surface area contributed by atoms with Gasteiger partial charge in [-0.1, -0.05) is 18.2 Å². The maximum Gasteiger partial charge on any atom is 0.416 e. The molecule has 1 N–H and O–H groups in total. The zero-order valence-corrected chi connectivity index (χ0v) is 12.0. The molecule has 0 aliphatic rings. The van der Waals surface area contributed by atoms with Crippen LogP contribution in [0, 0.1) is 10.1 Å². The number of non-ortho nitro benzene ring substituents is 1. The largest absolute Gasteiger partial charge is 0.416 e. The highest BCUT2D eigenvalue weighted by atomic mass is 19.4. The molecular formula is C15H12F3N3O2. The Balaban J connectivity index is 2.20. The van der Waals surface area contributed by atoms with Crippen molar-refractivity contribution in [2.24, 2.45) is 5.10 Å². The minimum Gasteiger partial charge on any atom is -0.278 e. The molecule has 0 bridgehead atoms. The fraction of sp³-hybridized carbons (Fsp3) is 0.133. The van der Waals surface area contributed by atoms with E-state index in [4.69, 9.17) is 0 Å². The van der Waals surface area contributed by atoms with Crippen LogP contribution in [0.5, 0.6) is 0 Å². The number of hydrogen-bond donors (Lipinski definition) is 1. The molecule has 0 spiro atoms. The number of benzene rings is 2. The highest BCUT2D eigenvalue weighted by Crippen LogP contribution is 2.30. The number of hydrogen-bond acceptors (Lipinski definition) is 4. The van der Waals surface area contributed by atoms with Crippen molar-refractivity contribution in [3.63, 3.8) is 0 Å². The van der Waals surface area contributed by atoms with E-state index in [9.17, 15) is 23.3 Å². The average Bonchev–Trinajstić information content (AvgIpc) is 2.52. The lowest BCUT2D eigenvalue weighted by atomic mass is 10.1. The van der Waals surface area contributed by atoms with E-state index in [1.807, 2.05) is 0 Å². The summed E-state index contributed by atoms with van der Waals surface area (Å²) in [5.41, 5.74) is 2.73. The standard InChI is InChI=1S/C15H12F3N3O2/c1-10(11-4-2-7-14(8-11)21(22)23)19-20-13-6-3-5-12(9-13)15(16,17)18/h2-9,20H,1H3/b19-10+. The molecule has 0 aromatic heterocycles. The fourth-order valence-electron chi connectivity index (χ4n) is 1.82. The average molecular weight is 323 g/mol. The maximum atomic E-state index is 12.6. The zero-order chi connectivity index (χ0) is 17.0. The number of nitro benzene ring substituents is 1. The molecule has 0 radical (unpaired) electrons. The highest BCUT2D eigenvalue weighted by molar-refractivity contribution is 5.99. The van der Waals surface area contributed by atoms with Crippen LogP contribution >= 0.6 is 0 Å². The number of halogens is 3. The molecule has 5 nitrogen and oxygen atoms in total. The van der Waals surface area contributed by atoms with Crippen molar-refractivity contribution in [3.8, 4) is 0 Å². The molecule has 0 saturated carbocycles. The van der Waals surface area contributed by atoms with Crippen molar-refractivity contribution < 1.29 is 18.1 Å². The molecule has 23 heavy (non-hydrogen) atoms. The summed E-state index contributed by atoms with van der Waals surface area (Å²) in [7, 11) is 0. The van der Waals surface area contributed by atoms with E-state index in [0.717, 1.165) is 12.1 Å². The second-order valence-corrected chi connectivity index (χ2v) is 4.70. The van der Waals surface area contributed by atoms with Gasteiger partial charge in [-0.25, -0.2) is 0 Å². The van der Waals surface area contributed by atoms with Gasteiger partial charge in [0.15, 0.2) is 0 Å².